The van der Waals surface area contributed by atoms with E-state index in [-0.39, 0.29) is 23.8 Å². The number of hydrogen-bond acceptors (Lipinski definition) is 8. The molecule has 0 spiro atoms. The number of carbonyl (C=O) groups is 2. The Hall–Kier alpha value is -3.21. The number of anilines is 1. The number of hydrogen-bond donors (Lipinski definition) is 1. The summed E-state index contributed by atoms with van der Waals surface area (Å²) in [6.07, 6.45) is 5.77. The van der Waals surface area contributed by atoms with E-state index < -0.39 is 5.97 Å². The van der Waals surface area contributed by atoms with Crippen molar-refractivity contribution in [3.8, 4) is 11.1 Å². The highest BCUT2D eigenvalue weighted by Gasteiger charge is 2.24. The van der Waals surface area contributed by atoms with Gasteiger partial charge in [-0.05, 0) is 50.7 Å². The lowest BCUT2D eigenvalue weighted by atomic mass is 9.97. The van der Waals surface area contributed by atoms with Crippen LogP contribution in [-0.2, 0) is 28.9 Å². The molecule has 0 atom stereocenters. The van der Waals surface area contributed by atoms with Crippen LogP contribution in [-0.4, -0.2) is 33.8 Å². The van der Waals surface area contributed by atoms with E-state index in [1.54, 1.807) is 28.9 Å². The van der Waals surface area contributed by atoms with Crippen LogP contribution in [0, 0.1) is 6.92 Å². The Morgan fingerprint density at radius 2 is 2.00 bits per heavy atom. The number of nitrogens with one attached hydrogen (secondary N) is 1. The molecule has 0 bridgehead atoms. The number of ether oxygens (including phenoxy) is 1. The maximum atomic E-state index is 13.5. The van der Waals surface area contributed by atoms with Crippen LogP contribution < -0.4 is 10.9 Å². The highest BCUT2D eigenvalue weighted by atomic mass is 32.2. The third-order valence-corrected chi connectivity index (χ3v) is 9.63. The summed E-state index contributed by atoms with van der Waals surface area (Å²) >= 11 is 4.08. The number of thiophene rings is 2. The van der Waals surface area contributed by atoms with E-state index in [0.717, 1.165) is 52.8 Å². The van der Waals surface area contributed by atoms with Crippen LogP contribution in [0.1, 0.15) is 46.1 Å². The zero-order valence-electron chi connectivity index (χ0n) is 21.9. The molecule has 10 heteroatoms. The van der Waals surface area contributed by atoms with Crippen molar-refractivity contribution in [2.45, 2.75) is 51.2 Å². The average Bonchev–Trinajstić information content (AvgIpc) is 3.51. The van der Waals surface area contributed by atoms with Crippen molar-refractivity contribution < 1.29 is 14.3 Å². The minimum absolute atomic E-state index is 0.0280. The molecule has 0 unspecified atom stereocenters. The molecule has 0 fully saturated rings. The smallest absolute Gasteiger partial charge is 0.341 e. The van der Waals surface area contributed by atoms with Gasteiger partial charge in [-0.15, -0.1) is 29.3 Å². The van der Waals surface area contributed by atoms with Crippen LogP contribution in [0.25, 0.3) is 21.3 Å². The fourth-order valence-electron chi connectivity index (χ4n) is 4.71. The van der Waals surface area contributed by atoms with Crippen molar-refractivity contribution >= 4 is 61.5 Å². The normalized spacial score (nSPS) is 12.8. The zero-order chi connectivity index (χ0) is 27.5. The van der Waals surface area contributed by atoms with Crippen LogP contribution >= 0.6 is 34.4 Å². The molecule has 1 aliphatic carbocycles. The molecular formula is C29H29N3O4S3. The van der Waals surface area contributed by atoms with E-state index in [0.29, 0.717) is 27.7 Å². The Balaban J connectivity index is 1.40. The number of esters is 1. The Bertz CT molecular complexity index is 1620. The standard InChI is InChI=1S/C29H29N3O4S3/c1-4-14-32-27(34)23-19-8-6-7-9-21(19)39-26(23)31-29(32)38-16-22(33)30-25-24(28(35)36-5-2)20(15-37-25)18-12-10-17(3)11-13-18/h4,10-13,15H,1,5-9,14,16H2,2-3H3,(H,30,33). The second-order valence-electron chi connectivity index (χ2n) is 9.27. The summed E-state index contributed by atoms with van der Waals surface area (Å²) in [7, 11) is 0. The lowest BCUT2D eigenvalue weighted by Crippen LogP contribution is -2.24. The minimum atomic E-state index is -0.481. The number of rotatable bonds is 9. The van der Waals surface area contributed by atoms with Gasteiger partial charge in [0.15, 0.2) is 5.16 Å². The Labute approximate surface area is 238 Å². The quantitative estimate of drug-likeness (QED) is 0.106. The van der Waals surface area contributed by atoms with Gasteiger partial charge in [-0.1, -0.05) is 47.7 Å². The minimum Gasteiger partial charge on any atom is -0.462 e. The van der Waals surface area contributed by atoms with E-state index in [1.807, 2.05) is 36.6 Å². The SMILES string of the molecule is C=CCn1c(SCC(=O)Nc2scc(-c3ccc(C)cc3)c2C(=O)OCC)nc2sc3c(c2c1=O)CCCC3. The van der Waals surface area contributed by atoms with E-state index in [9.17, 15) is 14.4 Å². The van der Waals surface area contributed by atoms with Gasteiger partial charge in [-0.25, -0.2) is 9.78 Å². The summed E-state index contributed by atoms with van der Waals surface area (Å²) in [4.78, 5) is 46.2. The number of aryl methyl sites for hydroxylation is 3. The van der Waals surface area contributed by atoms with Crippen molar-refractivity contribution in [3.63, 3.8) is 0 Å². The Morgan fingerprint density at radius 1 is 1.23 bits per heavy atom. The van der Waals surface area contributed by atoms with Crippen LogP contribution in [0.3, 0.4) is 0 Å². The number of fused-ring (bicyclic) bond motifs is 3. The van der Waals surface area contributed by atoms with Crippen molar-refractivity contribution in [3.05, 3.63) is 74.2 Å². The molecule has 39 heavy (non-hydrogen) atoms. The largest absolute Gasteiger partial charge is 0.462 e. The van der Waals surface area contributed by atoms with Gasteiger partial charge in [0.05, 0.1) is 17.7 Å². The molecule has 1 aromatic carbocycles. The average molecular weight is 580 g/mol. The van der Waals surface area contributed by atoms with Crippen LogP contribution in [0.5, 0.6) is 0 Å². The molecule has 4 aromatic rings. The predicted octanol–water partition coefficient (Wildman–Crippen LogP) is 6.47. The first kappa shape index (κ1) is 27.4. The maximum Gasteiger partial charge on any atom is 0.341 e. The summed E-state index contributed by atoms with van der Waals surface area (Å²) in [5.74, 6) is -0.751. The first-order valence-electron chi connectivity index (χ1n) is 12.9. The first-order valence-corrected chi connectivity index (χ1v) is 15.5. The van der Waals surface area contributed by atoms with E-state index in [2.05, 4.69) is 11.9 Å². The summed E-state index contributed by atoms with van der Waals surface area (Å²) < 4.78 is 6.91. The molecule has 1 aliphatic rings. The summed E-state index contributed by atoms with van der Waals surface area (Å²) in [5, 5.41) is 6.38. The lowest BCUT2D eigenvalue weighted by Gasteiger charge is -2.12. The molecule has 1 N–H and O–H groups in total. The molecule has 7 nitrogen and oxygen atoms in total. The summed E-state index contributed by atoms with van der Waals surface area (Å²) in [6, 6.07) is 7.86. The number of aromatic nitrogens is 2. The highest BCUT2D eigenvalue weighted by molar-refractivity contribution is 7.99. The van der Waals surface area contributed by atoms with Crippen LogP contribution in [0.4, 0.5) is 5.00 Å². The number of benzene rings is 1. The number of thioether (sulfide) groups is 1. The van der Waals surface area contributed by atoms with Gasteiger partial charge in [-0.2, -0.15) is 0 Å². The van der Waals surface area contributed by atoms with Gasteiger partial charge >= 0.3 is 5.97 Å². The zero-order valence-corrected chi connectivity index (χ0v) is 24.3. The van der Waals surface area contributed by atoms with Gasteiger partial charge in [0.2, 0.25) is 5.91 Å². The van der Waals surface area contributed by atoms with Crippen molar-refractivity contribution in [2.24, 2.45) is 0 Å². The fraction of sp³-hybridized carbons (Fsp3) is 0.310. The molecular weight excluding hydrogens is 551 g/mol. The fourth-order valence-corrected chi connectivity index (χ4v) is 7.80. The third kappa shape index (κ3) is 5.59. The molecule has 3 aromatic heterocycles. The van der Waals surface area contributed by atoms with E-state index in [4.69, 9.17) is 9.72 Å². The Kier molecular flexibility index (Phi) is 8.34. The topological polar surface area (TPSA) is 90.3 Å². The molecule has 202 valence electrons. The molecule has 0 saturated carbocycles. The molecule has 1 amide bonds. The van der Waals surface area contributed by atoms with Gasteiger partial charge in [0.1, 0.15) is 15.4 Å². The number of carbonyl (C=O) groups excluding carboxylic acids is 2. The van der Waals surface area contributed by atoms with Crippen molar-refractivity contribution in [2.75, 3.05) is 17.7 Å². The second kappa shape index (κ2) is 11.9. The first-order chi connectivity index (χ1) is 18.9. The predicted molar refractivity (Wildman–Crippen MR) is 161 cm³/mol. The highest BCUT2D eigenvalue weighted by Crippen LogP contribution is 2.37. The van der Waals surface area contributed by atoms with Crippen molar-refractivity contribution in [1.29, 1.82) is 0 Å². The number of nitrogens with zero attached hydrogens (tertiary/aromatic N) is 2. The number of allylic oxidation sites excluding steroid dienone is 1. The van der Waals surface area contributed by atoms with Crippen LogP contribution in [0.15, 0.2) is 52.3 Å². The monoisotopic (exact) mass is 579 g/mol. The molecule has 0 aliphatic heterocycles. The van der Waals surface area contributed by atoms with Crippen LogP contribution in [0.2, 0.25) is 0 Å². The molecule has 0 saturated heterocycles. The van der Waals surface area contributed by atoms with E-state index in [1.165, 1.54) is 28.0 Å². The van der Waals surface area contributed by atoms with Gasteiger partial charge in [0.25, 0.3) is 5.56 Å². The Morgan fingerprint density at radius 3 is 2.74 bits per heavy atom. The second-order valence-corrected chi connectivity index (χ2v) is 12.2. The summed E-state index contributed by atoms with van der Waals surface area (Å²) in [6.45, 7) is 8.10. The summed E-state index contributed by atoms with van der Waals surface area (Å²) in [5.41, 5.74) is 4.11. The molecule has 3 heterocycles. The third-order valence-electron chi connectivity index (χ3n) is 6.57. The van der Waals surface area contributed by atoms with Gasteiger partial charge in [-0.3, -0.25) is 14.2 Å². The van der Waals surface area contributed by atoms with E-state index >= 15 is 0 Å². The molecule has 5 rings (SSSR count). The lowest BCUT2D eigenvalue weighted by molar-refractivity contribution is -0.113. The molecule has 0 radical (unpaired) electrons. The van der Waals surface area contributed by atoms with Gasteiger partial charge in [0, 0.05) is 22.4 Å². The number of amides is 1. The van der Waals surface area contributed by atoms with Crippen molar-refractivity contribution in [1.82, 2.24) is 9.55 Å². The van der Waals surface area contributed by atoms with Gasteiger partial charge < -0.3 is 10.1 Å². The maximum absolute atomic E-state index is 13.5.